The number of hydrogen-bond donors (Lipinski definition) is 0. The molecule has 0 radical (unpaired) electrons. The van der Waals surface area contributed by atoms with E-state index in [0.29, 0.717) is 5.92 Å². The molecule has 1 aliphatic carbocycles. The van der Waals surface area contributed by atoms with Gasteiger partial charge in [0.2, 0.25) is 0 Å². The molecule has 2 rings (SSSR count). The Balaban J connectivity index is 1.99. The van der Waals surface area contributed by atoms with Crippen molar-refractivity contribution >= 4 is 6.09 Å². The number of carbonyl (C=O) groups is 1. The highest BCUT2D eigenvalue weighted by atomic mass is 16.6. The number of nitrogens with zero attached hydrogens (tertiary/aromatic N) is 2. The maximum absolute atomic E-state index is 12.2. The third-order valence-electron chi connectivity index (χ3n) is 4.30. The van der Waals surface area contributed by atoms with E-state index in [0.717, 1.165) is 31.2 Å². The second-order valence-electron chi connectivity index (χ2n) is 5.94. The molecule has 0 saturated heterocycles. The Morgan fingerprint density at radius 1 is 1.48 bits per heavy atom. The van der Waals surface area contributed by atoms with Gasteiger partial charge in [0, 0.05) is 7.05 Å². The molecule has 112 valence electrons. The van der Waals surface area contributed by atoms with Gasteiger partial charge in [-0.1, -0.05) is 43.7 Å². The number of nitriles is 1. The molecule has 4 heteroatoms. The van der Waals surface area contributed by atoms with Gasteiger partial charge in [0.15, 0.2) is 0 Å². The largest absolute Gasteiger partial charge is 0.445 e. The number of rotatable bonds is 3. The van der Waals surface area contributed by atoms with Crippen molar-refractivity contribution in [3.8, 4) is 6.07 Å². The summed E-state index contributed by atoms with van der Waals surface area (Å²) >= 11 is 0. The highest BCUT2D eigenvalue weighted by Crippen LogP contribution is 2.36. The third kappa shape index (κ3) is 3.55. The molecule has 0 heterocycles. The minimum Gasteiger partial charge on any atom is -0.445 e. The number of ether oxygens (including phenoxy) is 1. The molecular formula is C17H22N2O2. The zero-order chi connectivity index (χ0) is 15.3. The van der Waals surface area contributed by atoms with E-state index in [1.165, 1.54) is 4.90 Å². The zero-order valence-electron chi connectivity index (χ0n) is 12.7. The van der Waals surface area contributed by atoms with E-state index in [1.54, 1.807) is 7.05 Å². The molecule has 1 fully saturated rings. The first-order valence-electron chi connectivity index (χ1n) is 7.43. The molecule has 1 amide bonds. The molecule has 0 N–H and O–H groups in total. The van der Waals surface area contributed by atoms with Crippen LogP contribution in [0.3, 0.4) is 0 Å². The first-order chi connectivity index (χ1) is 10.1. The highest BCUT2D eigenvalue weighted by molar-refractivity contribution is 5.69. The summed E-state index contributed by atoms with van der Waals surface area (Å²) in [4.78, 5) is 13.7. The molecule has 1 aromatic rings. The predicted molar refractivity (Wildman–Crippen MR) is 80.4 cm³/mol. The minimum absolute atomic E-state index is 0.237. The lowest BCUT2D eigenvalue weighted by Gasteiger charge is -2.40. The molecule has 0 aliphatic heterocycles. The fourth-order valence-electron chi connectivity index (χ4n) is 3.00. The Morgan fingerprint density at radius 2 is 2.19 bits per heavy atom. The summed E-state index contributed by atoms with van der Waals surface area (Å²) in [5.74, 6) is 0.461. The van der Waals surface area contributed by atoms with Crippen molar-refractivity contribution in [3.05, 3.63) is 35.9 Å². The first-order valence-corrected chi connectivity index (χ1v) is 7.43. The summed E-state index contributed by atoms with van der Waals surface area (Å²) in [6.45, 7) is 2.37. The Labute approximate surface area is 126 Å². The third-order valence-corrected chi connectivity index (χ3v) is 4.30. The summed E-state index contributed by atoms with van der Waals surface area (Å²) < 4.78 is 5.34. The van der Waals surface area contributed by atoms with Gasteiger partial charge in [-0.25, -0.2) is 4.79 Å². The van der Waals surface area contributed by atoms with Gasteiger partial charge in [0.05, 0.1) is 6.07 Å². The van der Waals surface area contributed by atoms with E-state index in [9.17, 15) is 10.1 Å². The molecule has 2 unspecified atom stereocenters. The molecule has 1 aliphatic rings. The Morgan fingerprint density at radius 3 is 2.81 bits per heavy atom. The van der Waals surface area contributed by atoms with Crippen LogP contribution in [0.15, 0.2) is 30.3 Å². The lowest BCUT2D eigenvalue weighted by Crippen LogP contribution is -2.51. The topological polar surface area (TPSA) is 53.3 Å². The maximum atomic E-state index is 12.2. The Kier molecular flexibility index (Phi) is 4.85. The van der Waals surface area contributed by atoms with Crippen molar-refractivity contribution in [1.29, 1.82) is 5.26 Å². The predicted octanol–water partition coefficient (Wildman–Crippen LogP) is 3.73. The summed E-state index contributed by atoms with van der Waals surface area (Å²) in [6, 6.07) is 11.9. The maximum Gasteiger partial charge on any atom is 0.411 e. The monoisotopic (exact) mass is 286 g/mol. The lowest BCUT2D eigenvalue weighted by molar-refractivity contribution is 0.0559. The van der Waals surface area contributed by atoms with E-state index in [2.05, 4.69) is 13.0 Å². The average Bonchev–Trinajstić information content (AvgIpc) is 2.52. The normalized spacial score (nSPS) is 24.9. The zero-order valence-corrected chi connectivity index (χ0v) is 12.7. The van der Waals surface area contributed by atoms with E-state index in [4.69, 9.17) is 4.74 Å². The smallest absolute Gasteiger partial charge is 0.411 e. The van der Waals surface area contributed by atoms with Gasteiger partial charge in [-0.3, -0.25) is 4.90 Å². The van der Waals surface area contributed by atoms with Crippen molar-refractivity contribution in [3.63, 3.8) is 0 Å². The van der Waals surface area contributed by atoms with Crippen molar-refractivity contribution in [1.82, 2.24) is 4.90 Å². The second-order valence-corrected chi connectivity index (χ2v) is 5.94. The van der Waals surface area contributed by atoms with Gasteiger partial charge in [-0.15, -0.1) is 0 Å². The molecule has 1 saturated carbocycles. The van der Waals surface area contributed by atoms with Gasteiger partial charge in [0.25, 0.3) is 0 Å². The van der Waals surface area contributed by atoms with E-state index >= 15 is 0 Å². The molecule has 21 heavy (non-hydrogen) atoms. The van der Waals surface area contributed by atoms with Crippen molar-refractivity contribution in [2.24, 2.45) is 5.92 Å². The summed E-state index contributed by atoms with van der Waals surface area (Å²) in [6.07, 6.45) is 3.13. The SMILES string of the molecule is CC1CCCC(C#N)(N(C)C(=O)OCc2ccccc2)C1. The second kappa shape index (κ2) is 6.62. The minimum atomic E-state index is -0.717. The number of benzene rings is 1. The molecule has 1 aromatic carbocycles. The lowest BCUT2D eigenvalue weighted by atomic mass is 9.76. The van der Waals surface area contributed by atoms with E-state index in [-0.39, 0.29) is 6.61 Å². The fourth-order valence-corrected chi connectivity index (χ4v) is 3.00. The standard InChI is InChI=1S/C17H22N2O2/c1-14-7-6-10-17(11-14,13-18)19(2)16(20)21-12-15-8-4-3-5-9-15/h3-5,8-9,14H,6-7,10-12H2,1-2H3. The van der Waals surface area contributed by atoms with Gasteiger partial charge in [0.1, 0.15) is 12.1 Å². The van der Waals surface area contributed by atoms with Crippen molar-refractivity contribution < 1.29 is 9.53 Å². The van der Waals surface area contributed by atoms with Crippen LogP contribution < -0.4 is 0 Å². The van der Waals surface area contributed by atoms with Crippen LogP contribution >= 0.6 is 0 Å². The molecule has 0 spiro atoms. The number of carbonyl (C=O) groups excluding carboxylic acids is 1. The van der Waals surface area contributed by atoms with Crippen molar-refractivity contribution in [2.75, 3.05) is 7.05 Å². The van der Waals surface area contributed by atoms with Crippen molar-refractivity contribution in [2.45, 2.75) is 44.8 Å². The fraction of sp³-hybridized carbons (Fsp3) is 0.529. The molecule has 2 atom stereocenters. The number of amides is 1. The van der Waals surface area contributed by atoms with Crippen LogP contribution in [-0.4, -0.2) is 23.6 Å². The molecule has 0 aromatic heterocycles. The number of hydrogen-bond acceptors (Lipinski definition) is 3. The summed E-state index contributed by atoms with van der Waals surface area (Å²) in [7, 11) is 1.68. The van der Waals surface area contributed by atoms with Crippen LogP contribution in [-0.2, 0) is 11.3 Å². The van der Waals surface area contributed by atoms with Crippen LogP contribution in [0.25, 0.3) is 0 Å². The first kappa shape index (κ1) is 15.4. The molecule has 0 bridgehead atoms. The van der Waals surface area contributed by atoms with Crippen LogP contribution in [0.2, 0.25) is 0 Å². The van der Waals surface area contributed by atoms with Gasteiger partial charge in [-0.2, -0.15) is 5.26 Å². The van der Waals surface area contributed by atoms with Gasteiger partial charge >= 0.3 is 6.09 Å². The molecule has 4 nitrogen and oxygen atoms in total. The van der Waals surface area contributed by atoms with Crippen LogP contribution in [0.5, 0.6) is 0 Å². The van der Waals surface area contributed by atoms with Gasteiger partial charge < -0.3 is 4.74 Å². The quantitative estimate of drug-likeness (QED) is 0.850. The van der Waals surface area contributed by atoms with E-state index in [1.807, 2.05) is 30.3 Å². The summed E-state index contributed by atoms with van der Waals surface area (Å²) in [5.41, 5.74) is 0.230. The molecular weight excluding hydrogens is 264 g/mol. The van der Waals surface area contributed by atoms with E-state index < -0.39 is 11.6 Å². The Hall–Kier alpha value is -2.02. The van der Waals surface area contributed by atoms with Crippen LogP contribution in [0.1, 0.15) is 38.2 Å². The average molecular weight is 286 g/mol. The Bertz CT molecular complexity index is 523. The highest BCUT2D eigenvalue weighted by Gasteiger charge is 2.41. The van der Waals surface area contributed by atoms with Crippen LogP contribution in [0.4, 0.5) is 4.79 Å². The van der Waals surface area contributed by atoms with Gasteiger partial charge in [-0.05, 0) is 30.7 Å². The van der Waals surface area contributed by atoms with Crippen LogP contribution in [0, 0.1) is 17.2 Å². The summed E-state index contributed by atoms with van der Waals surface area (Å²) in [5, 5.41) is 9.56.